The molecule has 0 aliphatic heterocycles. The Morgan fingerprint density at radius 1 is 1.11 bits per heavy atom. The third-order valence-corrected chi connectivity index (χ3v) is 2.66. The van der Waals surface area contributed by atoms with Crippen molar-refractivity contribution in [3.05, 3.63) is 0 Å². The maximum Gasteiger partial charge on any atom is 0.408 e. The predicted molar refractivity (Wildman–Crippen MR) is 75.8 cm³/mol. The molecule has 0 heterocycles. The zero-order chi connectivity index (χ0) is 14.4. The molecule has 4 heteroatoms. The van der Waals surface area contributed by atoms with Crippen molar-refractivity contribution < 1.29 is 9.53 Å². The second kappa shape index (κ2) is 6.98. The minimum Gasteiger partial charge on any atom is -0.444 e. The maximum atomic E-state index is 11.7. The molecule has 0 bridgehead atoms. The number of alkyl carbamates (subject to hydrolysis) is 1. The van der Waals surface area contributed by atoms with Crippen LogP contribution in [0.2, 0.25) is 0 Å². The van der Waals surface area contributed by atoms with Gasteiger partial charge in [0, 0.05) is 12.6 Å². The summed E-state index contributed by atoms with van der Waals surface area (Å²) >= 11 is 0. The molecule has 0 fully saturated rings. The van der Waals surface area contributed by atoms with Gasteiger partial charge in [0.2, 0.25) is 0 Å². The summed E-state index contributed by atoms with van der Waals surface area (Å²) in [5.74, 6) is 0. The first-order chi connectivity index (χ1) is 8.09. The molecule has 0 radical (unpaired) electrons. The Labute approximate surface area is 112 Å². The van der Waals surface area contributed by atoms with Crippen LogP contribution >= 0.6 is 0 Å². The normalized spacial score (nSPS) is 12.7. The Morgan fingerprint density at radius 3 is 2.00 bits per heavy atom. The largest absolute Gasteiger partial charge is 0.444 e. The molecule has 2 N–H and O–H groups in total. The fourth-order valence-electron chi connectivity index (χ4n) is 1.60. The molecule has 0 unspecified atom stereocenters. The number of hydrogen-bond acceptors (Lipinski definition) is 3. The molecule has 0 aliphatic rings. The van der Waals surface area contributed by atoms with Crippen molar-refractivity contribution >= 4 is 6.09 Å². The summed E-state index contributed by atoms with van der Waals surface area (Å²) in [4.78, 5) is 11.7. The molecular formula is C14H30N2O2. The van der Waals surface area contributed by atoms with Crippen LogP contribution in [-0.2, 0) is 4.74 Å². The Hall–Kier alpha value is -0.770. The van der Waals surface area contributed by atoms with Crippen molar-refractivity contribution in [2.45, 2.75) is 78.5 Å². The highest BCUT2D eigenvalue weighted by Crippen LogP contribution is 2.09. The second-order valence-corrected chi connectivity index (χ2v) is 6.41. The predicted octanol–water partition coefficient (Wildman–Crippen LogP) is 3.07. The smallest absolute Gasteiger partial charge is 0.408 e. The van der Waals surface area contributed by atoms with Gasteiger partial charge in [-0.2, -0.15) is 0 Å². The number of amides is 1. The van der Waals surface area contributed by atoms with E-state index in [9.17, 15) is 4.79 Å². The zero-order valence-electron chi connectivity index (χ0n) is 13.0. The summed E-state index contributed by atoms with van der Waals surface area (Å²) in [6.07, 6.45) is 1.83. The van der Waals surface area contributed by atoms with Gasteiger partial charge < -0.3 is 15.4 Å². The Morgan fingerprint density at radius 2 is 1.61 bits per heavy atom. The molecule has 0 atom stereocenters. The van der Waals surface area contributed by atoms with Crippen LogP contribution in [0.4, 0.5) is 4.79 Å². The summed E-state index contributed by atoms with van der Waals surface area (Å²) in [7, 11) is 0. The van der Waals surface area contributed by atoms with Crippen molar-refractivity contribution in [3.63, 3.8) is 0 Å². The van der Waals surface area contributed by atoms with E-state index in [1.807, 2.05) is 34.6 Å². The quantitative estimate of drug-likeness (QED) is 0.770. The van der Waals surface area contributed by atoms with E-state index in [-0.39, 0.29) is 11.6 Å². The van der Waals surface area contributed by atoms with Gasteiger partial charge in [-0.05, 0) is 47.5 Å². The van der Waals surface area contributed by atoms with Gasteiger partial charge in [0.1, 0.15) is 5.60 Å². The van der Waals surface area contributed by atoms with E-state index in [1.165, 1.54) is 0 Å². The Bertz CT molecular complexity index is 253. The number of carbonyl (C=O) groups is 1. The lowest BCUT2D eigenvalue weighted by Gasteiger charge is -2.30. The van der Waals surface area contributed by atoms with Crippen LogP contribution in [0.15, 0.2) is 0 Å². The Kier molecular flexibility index (Phi) is 6.68. The van der Waals surface area contributed by atoms with E-state index in [1.54, 1.807) is 0 Å². The van der Waals surface area contributed by atoms with E-state index in [0.29, 0.717) is 6.04 Å². The molecule has 0 aromatic rings. The van der Waals surface area contributed by atoms with Crippen LogP contribution < -0.4 is 10.6 Å². The van der Waals surface area contributed by atoms with Crippen LogP contribution in [0, 0.1) is 0 Å². The standard InChI is InChI=1S/C14H30N2O2/c1-8-11(9-2)15-10-14(6,7)16-12(17)18-13(3,4)5/h11,15H,8-10H2,1-7H3,(H,16,17). The number of ether oxygens (including phenoxy) is 1. The van der Waals surface area contributed by atoms with Crippen molar-refractivity contribution in [1.29, 1.82) is 0 Å². The first-order valence-electron chi connectivity index (χ1n) is 6.84. The second-order valence-electron chi connectivity index (χ2n) is 6.41. The first-order valence-corrected chi connectivity index (χ1v) is 6.84. The molecule has 18 heavy (non-hydrogen) atoms. The van der Waals surface area contributed by atoms with Gasteiger partial charge in [-0.1, -0.05) is 13.8 Å². The topological polar surface area (TPSA) is 50.4 Å². The summed E-state index contributed by atoms with van der Waals surface area (Å²) in [6, 6.07) is 0.504. The van der Waals surface area contributed by atoms with Crippen LogP contribution in [-0.4, -0.2) is 29.8 Å². The molecule has 1 amide bonds. The van der Waals surface area contributed by atoms with Crippen molar-refractivity contribution in [2.24, 2.45) is 0 Å². The first kappa shape index (κ1) is 17.2. The van der Waals surface area contributed by atoms with E-state index in [4.69, 9.17) is 4.74 Å². The van der Waals surface area contributed by atoms with Gasteiger partial charge in [0.25, 0.3) is 0 Å². The third kappa shape index (κ3) is 8.34. The molecule has 0 aromatic heterocycles. The average molecular weight is 258 g/mol. The number of rotatable bonds is 6. The number of carbonyl (C=O) groups excluding carboxylic acids is 1. The molecule has 0 rings (SSSR count). The summed E-state index contributed by atoms with van der Waals surface area (Å²) in [6.45, 7) is 14.6. The number of nitrogens with one attached hydrogen (secondary N) is 2. The Balaban J connectivity index is 4.18. The summed E-state index contributed by atoms with van der Waals surface area (Å²) in [5.41, 5.74) is -0.770. The lowest BCUT2D eigenvalue weighted by Crippen LogP contribution is -2.53. The van der Waals surface area contributed by atoms with Crippen LogP contribution in [0.3, 0.4) is 0 Å². The molecule has 0 saturated heterocycles. The van der Waals surface area contributed by atoms with Gasteiger partial charge in [-0.15, -0.1) is 0 Å². The summed E-state index contributed by atoms with van der Waals surface area (Å²) in [5, 5.41) is 6.35. The zero-order valence-corrected chi connectivity index (χ0v) is 13.0. The minimum absolute atomic E-state index is 0.315. The highest BCUT2D eigenvalue weighted by molar-refractivity contribution is 5.68. The number of hydrogen-bond donors (Lipinski definition) is 2. The molecule has 108 valence electrons. The highest BCUT2D eigenvalue weighted by Gasteiger charge is 2.24. The average Bonchev–Trinajstić information content (AvgIpc) is 2.14. The van der Waals surface area contributed by atoms with Crippen molar-refractivity contribution in [2.75, 3.05) is 6.54 Å². The van der Waals surface area contributed by atoms with Gasteiger partial charge >= 0.3 is 6.09 Å². The minimum atomic E-state index is -0.455. The van der Waals surface area contributed by atoms with Gasteiger partial charge in [-0.3, -0.25) is 0 Å². The van der Waals surface area contributed by atoms with Crippen molar-refractivity contribution in [3.8, 4) is 0 Å². The fraction of sp³-hybridized carbons (Fsp3) is 0.929. The maximum absolute atomic E-state index is 11.7. The molecule has 0 aliphatic carbocycles. The lowest BCUT2D eigenvalue weighted by atomic mass is 10.0. The van der Waals surface area contributed by atoms with Gasteiger partial charge in [0.05, 0.1) is 5.54 Å². The van der Waals surface area contributed by atoms with Crippen LogP contribution in [0.1, 0.15) is 61.3 Å². The fourth-order valence-corrected chi connectivity index (χ4v) is 1.60. The SMILES string of the molecule is CCC(CC)NCC(C)(C)NC(=O)OC(C)(C)C. The van der Waals surface area contributed by atoms with E-state index in [2.05, 4.69) is 24.5 Å². The molecule has 4 nitrogen and oxygen atoms in total. The molecule has 0 saturated carbocycles. The molecular weight excluding hydrogens is 228 g/mol. The molecule has 0 spiro atoms. The summed E-state index contributed by atoms with van der Waals surface area (Å²) < 4.78 is 5.26. The van der Waals surface area contributed by atoms with E-state index < -0.39 is 5.60 Å². The highest BCUT2D eigenvalue weighted by atomic mass is 16.6. The third-order valence-electron chi connectivity index (χ3n) is 2.66. The lowest BCUT2D eigenvalue weighted by molar-refractivity contribution is 0.0470. The van der Waals surface area contributed by atoms with Gasteiger partial charge in [0.15, 0.2) is 0 Å². The van der Waals surface area contributed by atoms with Gasteiger partial charge in [-0.25, -0.2) is 4.79 Å². The van der Waals surface area contributed by atoms with E-state index in [0.717, 1.165) is 19.4 Å². The van der Waals surface area contributed by atoms with Crippen molar-refractivity contribution in [1.82, 2.24) is 10.6 Å². The van der Waals surface area contributed by atoms with E-state index >= 15 is 0 Å². The van der Waals surface area contributed by atoms with Crippen LogP contribution in [0.25, 0.3) is 0 Å². The monoisotopic (exact) mass is 258 g/mol. The van der Waals surface area contributed by atoms with Crippen LogP contribution in [0.5, 0.6) is 0 Å². The molecule has 0 aromatic carbocycles.